The lowest BCUT2D eigenvalue weighted by atomic mass is 10.0. The molecular formula is C21H28N6O2. The summed E-state index contributed by atoms with van der Waals surface area (Å²) in [6.07, 6.45) is 6.58. The Morgan fingerprint density at radius 2 is 2.03 bits per heavy atom. The predicted molar refractivity (Wildman–Crippen MR) is 113 cm³/mol. The van der Waals surface area contributed by atoms with E-state index in [4.69, 9.17) is 9.47 Å². The lowest BCUT2D eigenvalue weighted by Gasteiger charge is -2.38. The summed E-state index contributed by atoms with van der Waals surface area (Å²) in [5.74, 6) is 2.50. The maximum Gasteiger partial charge on any atom is 0.182 e. The number of nitrogens with zero attached hydrogens (tertiary/aromatic N) is 5. The third kappa shape index (κ3) is 4.12. The highest BCUT2D eigenvalue weighted by Gasteiger charge is 2.25. The minimum atomic E-state index is 0.483. The van der Waals surface area contributed by atoms with E-state index in [0.717, 1.165) is 61.0 Å². The van der Waals surface area contributed by atoms with Crippen LogP contribution in [0.25, 0.3) is 11.2 Å². The molecule has 1 aromatic carbocycles. The first-order chi connectivity index (χ1) is 14.2. The van der Waals surface area contributed by atoms with Gasteiger partial charge in [0.25, 0.3) is 0 Å². The predicted octanol–water partition coefficient (Wildman–Crippen LogP) is 2.51. The number of nitrogens with one attached hydrogen (secondary N) is 1. The first-order valence-corrected chi connectivity index (χ1v) is 9.99. The highest BCUT2D eigenvalue weighted by Crippen LogP contribution is 2.28. The second kappa shape index (κ2) is 8.65. The monoisotopic (exact) mass is 396 g/mol. The minimum Gasteiger partial charge on any atom is -0.493 e. The van der Waals surface area contributed by atoms with Crippen molar-refractivity contribution in [2.24, 2.45) is 0 Å². The molecule has 2 aromatic heterocycles. The van der Waals surface area contributed by atoms with E-state index in [1.165, 1.54) is 12.0 Å². The quantitative estimate of drug-likeness (QED) is 0.657. The largest absolute Gasteiger partial charge is 0.493 e. The fourth-order valence-corrected chi connectivity index (χ4v) is 4.02. The normalized spacial score (nSPS) is 17.1. The van der Waals surface area contributed by atoms with Gasteiger partial charge in [-0.1, -0.05) is 6.07 Å². The number of aromatic nitrogens is 4. The number of likely N-dealkylation sites (N-methyl/N-ethyl adjacent to an activating group) is 1. The number of rotatable bonds is 7. The number of aromatic amines is 1. The van der Waals surface area contributed by atoms with E-state index in [1.807, 2.05) is 6.07 Å². The van der Waals surface area contributed by atoms with E-state index in [-0.39, 0.29) is 0 Å². The molecule has 1 saturated heterocycles. The smallest absolute Gasteiger partial charge is 0.182 e. The molecule has 1 unspecified atom stereocenters. The molecule has 1 aliphatic heterocycles. The van der Waals surface area contributed by atoms with Gasteiger partial charge in [0, 0.05) is 25.7 Å². The molecule has 154 valence electrons. The van der Waals surface area contributed by atoms with Gasteiger partial charge in [-0.2, -0.15) is 0 Å². The Labute approximate surface area is 170 Å². The molecule has 3 aromatic rings. The van der Waals surface area contributed by atoms with Crippen molar-refractivity contribution in [3.05, 3.63) is 36.4 Å². The molecule has 0 radical (unpaired) electrons. The van der Waals surface area contributed by atoms with Crippen LogP contribution in [0.15, 0.2) is 30.9 Å². The third-order valence-electron chi connectivity index (χ3n) is 5.72. The molecule has 1 atom stereocenters. The fraction of sp³-hybridized carbons (Fsp3) is 0.476. The molecule has 1 aliphatic rings. The van der Waals surface area contributed by atoms with Crippen LogP contribution in [0.4, 0.5) is 5.82 Å². The SMILES string of the molecule is COc1ccc(CCN(C)C2CCCN(c3ncnc4nc[nH]c34)C2)cc1OC. The number of ether oxygens (including phenoxy) is 2. The van der Waals surface area contributed by atoms with Crippen molar-refractivity contribution < 1.29 is 9.47 Å². The lowest BCUT2D eigenvalue weighted by Crippen LogP contribution is -2.47. The van der Waals surface area contributed by atoms with Crippen molar-refractivity contribution in [3.63, 3.8) is 0 Å². The van der Waals surface area contributed by atoms with Crippen LogP contribution in [0.1, 0.15) is 18.4 Å². The Bertz CT molecular complexity index is 959. The van der Waals surface area contributed by atoms with Gasteiger partial charge >= 0.3 is 0 Å². The Morgan fingerprint density at radius 3 is 2.86 bits per heavy atom. The van der Waals surface area contributed by atoms with E-state index in [2.05, 4.69) is 48.9 Å². The molecule has 4 rings (SSSR count). The second-order valence-electron chi connectivity index (χ2n) is 7.46. The first-order valence-electron chi connectivity index (χ1n) is 9.99. The number of hydrogen-bond donors (Lipinski definition) is 1. The molecule has 1 N–H and O–H groups in total. The van der Waals surface area contributed by atoms with Gasteiger partial charge in [0.1, 0.15) is 11.8 Å². The van der Waals surface area contributed by atoms with E-state index < -0.39 is 0 Å². The van der Waals surface area contributed by atoms with E-state index in [9.17, 15) is 0 Å². The van der Waals surface area contributed by atoms with E-state index in [0.29, 0.717) is 6.04 Å². The van der Waals surface area contributed by atoms with Crippen LogP contribution in [-0.2, 0) is 6.42 Å². The average Bonchev–Trinajstić information content (AvgIpc) is 3.26. The summed E-state index contributed by atoms with van der Waals surface area (Å²) in [6.45, 7) is 2.94. The first kappa shape index (κ1) is 19.4. The van der Waals surface area contributed by atoms with Gasteiger partial charge in [0.2, 0.25) is 0 Å². The number of hydrogen-bond acceptors (Lipinski definition) is 7. The lowest BCUT2D eigenvalue weighted by molar-refractivity contribution is 0.217. The van der Waals surface area contributed by atoms with Gasteiger partial charge in [-0.3, -0.25) is 0 Å². The zero-order valence-electron chi connectivity index (χ0n) is 17.3. The van der Waals surface area contributed by atoms with Crippen molar-refractivity contribution >= 4 is 17.0 Å². The van der Waals surface area contributed by atoms with Crippen molar-refractivity contribution in [1.29, 1.82) is 0 Å². The van der Waals surface area contributed by atoms with E-state index >= 15 is 0 Å². The highest BCUT2D eigenvalue weighted by atomic mass is 16.5. The number of anilines is 1. The molecule has 0 aliphatic carbocycles. The standard InChI is InChI=1S/C21H28N6O2/c1-26(10-8-15-6-7-17(28-2)18(11-15)29-3)16-5-4-9-27(12-16)21-19-20(23-13-22-19)24-14-25-21/h6-7,11,13-14,16H,4-5,8-10,12H2,1-3H3,(H,22,23,24,25). The molecule has 3 heterocycles. The topological polar surface area (TPSA) is 79.4 Å². The number of benzene rings is 1. The zero-order valence-corrected chi connectivity index (χ0v) is 17.3. The van der Waals surface area contributed by atoms with E-state index in [1.54, 1.807) is 26.9 Å². The zero-order chi connectivity index (χ0) is 20.2. The Kier molecular flexibility index (Phi) is 5.80. The second-order valence-corrected chi connectivity index (χ2v) is 7.46. The Morgan fingerprint density at radius 1 is 1.17 bits per heavy atom. The van der Waals surface area contributed by atoms with Crippen LogP contribution < -0.4 is 14.4 Å². The fourth-order valence-electron chi connectivity index (χ4n) is 4.02. The summed E-state index contributed by atoms with van der Waals surface area (Å²) in [5.41, 5.74) is 2.89. The van der Waals surface area contributed by atoms with Crippen molar-refractivity contribution in [1.82, 2.24) is 24.8 Å². The number of piperidine rings is 1. The molecule has 8 heteroatoms. The highest BCUT2D eigenvalue weighted by molar-refractivity contribution is 5.82. The summed E-state index contributed by atoms with van der Waals surface area (Å²) in [6, 6.07) is 6.63. The van der Waals surface area contributed by atoms with Crippen LogP contribution in [-0.4, -0.2) is 71.8 Å². The molecule has 0 spiro atoms. The van der Waals surface area contributed by atoms with Gasteiger partial charge in [-0.25, -0.2) is 15.0 Å². The maximum absolute atomic E-state index is 5.43. The van der Waals surface area contributed by atoms with Crippen LogP contribution in [0.2, 0.25) is 0 Å². The van der Waals surface area contributed by atoms with Gasteiger partial charge in [0.05, 0.1) is 20.5 Å². The van der Waals surface area contributed by atoms with Gasteiger partial charge in [0.15, 0.2) is 23.0 Å². The average molecular weight is 396 g/mol. The maximum atomic E-state index is 5.43. The molecule has 1 fully saturated rings. The molecule has 0 bridgehead atoms. The Hall–Kier alpha value is -2.87. The molecular weight excluding hydrogens is 368 g/mol. The molecule has 0 saturated carbocycles. The van der Waals surface area contributed by atoms with Crippen LogP contribution >= 0.6 is 0 Å². The number of methoxy groups -OCH3 is 2. The number of imidazole rings is 1. The Balaban J connectivity index is 1.40. The van der Waals surface area contributed by atoms with Crippen molar-refractivity contribution in [2.75, 3.05) is 45.8 Å². The summed E-state index contributed by atoms with van der Waals surface area (Å²) in [7, 11) is 5.55. The molecule has 0 amide bonds. The third-order valence-corrected chi connectivity index (χ3v) is 5.72. The number of fused-ring (bicyclic) bond motifs is 1. The summed E-state index contributed by atoms with van der Waals surface area (Å²) in [4.78, 5) is 21.0. The molecule has 29 heavy (non-hydrogen) atoms. The number of H-pyrrole nitrogens is 1. The van der Waals surface area contributed by atoms with Crippen molar-refractivity contribution in [3.8, 4) is 11.5 Å². The van der Waals surface area contributed by atoms with Crippen LogP contribution in [0.5, 0.6) is 11.5 Å². The summed E-state index contributed by atoms with van der Waals surface area (Å²) < 4.78 is 10.8. The van der Waals surface area contributed by atoms with Gasteiger partial charge in [-0.05, 0) is 44.0 Å². The van der Waals surface area contributed by atoms with Gasteiger partial charge < -0.3 is 24.3 Å². The van der Waals surface area contributed by atoms with Crippen LogP contribution in [0.3, 0.4) is 0 Å². The molecule has 8 nitrogen and oxygen atoms in total. The summed E-state index contributed by atoms with van der Waals surface area (Å²) >= 11 is 0. The minimum absolute atomic E-state index is 0.483. The van der Waals surface area contributed by atoms with Crippen LogP contribution in [0, 0.1) is 0 Å². The van der Waals surface area contributed by atoms with Crippen molar-refractivity contribution in [2.45, 2.75) is 25.3 Å². The van der Waals surface area contributed by atoms with Gasteiger partial charge in [-0.15, -0.1) is 0 Å². The summed E-state index contributed by atoms with van der Waals surface area (Å²) in [5, 5.41) is 0.